The molecule has 2 aliphatic rings. The van der Waals surface area contributed by atoms with Crippen molar-refractivity contribution in [2.75, 3.05) is 40.0 Å². The molecule has 8 heteroatoms. The molecule has 1 aromatic carbocycles. The second-order valence-corrected chi connectivity index (χ2v) is 6.01. The number of piperidine rings is 1. The Morgan fingerprint density at radius 1 is 1.19 bits per heavy atom. The highest BCUT2D eigenvalue weighted by atomic mass is 16.6. The Hall–Kier alpha value is -2.45. The number of amides is 1. The van der Waals surface area contributed by atoms with Crippen LogP contribution in [0.25, 0.3) is 0 Å². The third-order valence-corrected chi connectivity index (χ3v) is 4.61. The lowest BCUT2D eigenvalue weighted by atomic mass is 10.0. The number of hydrogen-bond donors (Lipinski definition) is 1. The summed E-state index contributed by atoms with van der Waals surface area (Å²) in [5, 5.41) is 0. The van der Waals surface area contributed by atoms with Gasteiger partial charge in [-0.2, -0.15) is 0 Å². The fourth-order valence-electron chi connectivity index (χ4n) is 3.28. The molecule has 27 heavy (non-hydrogen) atoms. The number of methoxy groups -OCH3 is 1. The van der Waals surface area contributed by atoms with Gasteiger partial charge in [-0.1, -0.05) is 6.07 Å². The van der Waals surface area contributed by atoms with E-state index >= 15 is 0 Å². The van der Waals surface area contributed by atoms with Crippen molar-refractivity contribution >= 4 is 19.5 Å². The zero-order valence-electron chi connectivity index (χ0n) is 15.8. The van der Waals surface area contributed by atoms with Crippen LogP contribution in [0.5, 0.6) is 11.5 Å². The Labute approximate surface area is 159 Å². The maximum Gasteiger partial charge on any atom is 0.252 e. The Morgan fingerprint density at radius 2 is 1.81 bits per heavy atom. The molecule has 0 radical (unpaired) electrons. The van der Waals surface area contributed by atoms with Gasteiger partial charge in [0.05, 0.1) is 11.7 Å². The minimum Gasteiger partial charge on any atom is -0.486 e. The minimum absolute atomic E-state index is 0.377. The van der Waals surface area contributed by atoms with Crippen molar-refractivity contribution in [3.8, 4) is 11.5 Å². The van der Waals surface area contributed by atoms with E-state index in [0.29, 0.717) is 36.4 Å². The van der Waals surface area contributed by atoms with Gasteiger partial charge in [-0.05, 0) is 30.9 Å². The predicted molar refractivity (Wildman–Crippen MR) is 100 cm³/mol. The summed E-state index contributed by atoms with van der Waals surface area (Å²) in [5.41, 5.74) is 6.97. The van der Waals surface area contributed by atoms with Crippen LogP contribution in [0.1, 0.15) is 28.8 Å². The van der Waals surface area contributed by atoms with E-state index in [1.54, 1.807) is 7.11 Å². The largest absolute Gasteiger partial charge is 0.486 e. The quantitative estimate of drug-likeness (QED) is 0.806. The van der Waals surface area contributed by atoms with Crippen molar-refractivity contribution in [2.45, 2.75) is 25.4 Å². The van der Waals surface area contributed by atoms with E-state index in [9.17, 15) is 4.79 Å². The molecule has 8 nitrogen and oxygen atoms in total. The minimum atomic E-state index is -0.458. The Kier molecular flexibility index (Phi) is 10.1. The first-order valence-electron chi connectivity index (χ1n) is 8.73. The van der Waals surface area contributed by atoms with Crippen LogP contribution >= 0.6 is 0 Å². The third-order valence-electron chi connectivity index (χ3n) is 4.61. The lowest BCUT2D eigenvalue weighted by Gasteiger charge is -2.31. The Morgan fingerprint density at radius 3 is 2.41 bits per heavy atom. The molecular formula is C19H28N2O6. The van der Waals surface area contributed by atoms with Crippen LogP contribution in [-0.4, -0.2) is 70.4 Å². The molecule has 1 fully saturated rings. The standard InChI is InChI=1S/C17H24N2O4.2CH2O/c1-21-13-5-8-19(9-6-13)7-4-12-2-3-14-16(15(12)17(18)20)23-11-10-22-14;2*1-2/h2-3,13H,4-11H2,1H3,(H2,18,20);2*1H2. The van der Waals surface area contributed by atoms with Gasteiger partial charge in [-0.3, -0.25) is 4.79 Å². The van der Waals surface area contributed by atoms with Gasteiger partial charge in [0.1, 0.15) is 26.8 Å². The molecule has 0 saturated carbocycles. The van der Waals surface area contributed by atoms with Crippen molar-refractivity contribution in [3.05, 3.63) is 23.3 Å². The molecule has 0 bridgehead atoms. The zero-order valence-corrected chi connectivity index (χ0v) is 15.8. The number of carbonyl (C=O) groups excluding carboxylic acids is 3. The summed E-state index contributed by atoms with van der Waals surface area (Å²) in [6.07, 6.45) is 3.26. The summed E-state index contributed by atoms with van der Waals surface area (Å²) in [4.78, 5) is 30.3. The van der Waals surface area contributed by atoms with E-state index < -0.39 is 5.91 Å². The normalized spacial score (nSPS) is 16.3. The van der Waals surface area contributed by atoms with Crippen molar-refractivity contribution in [1.29, 1.82) is 0 Å². The van der Waals surface area contributed by atoms with Crippen LogP contribution in [0.2, 0.25) is 0 Å². The first kappa shape index (κ1) is 22.6. The van der Waals surface area contributed by atoms with Crippen LogP contribution in [-0.2, 0) is 20.7 Å². The summed E-state index contributed by atoms with van der Waals surface area (Å²) >= 11 is 0. The lowest BCUT2D eigenvalue weighted by molar-refractivity contribution is -0.0987. The maximum atomic E-state index is 11.9. The van der Waals surface area contributed by atoms with Crippen molar-refractivity contribution in [2.24, 2.45) is 5.73 Å². The summed E-state index contributed by atoms with van der Waals surface area (Å²) in [6, 6.07) is 3.79. The van der Waals surface area contributed by atoms with Gasteiger partial charge in [0.25, 0.3) is 5.91 Å². The first-order chi connectivity index (χ1) is 13.2. The average molecular weight is 380 g/mol. The molecule has 0 atom stereocenters. The fraction of sp³-hybridized carbons (Fsp3) is 0.526. The van der Waals surface area contributed by atoms with Crippen molar-refractivity contribution in [1.82, 2.24) is 4.90 Å². The first-order valence-corrected chi connectivity index (χ1v) is 8.73. The van der Waals surface area contributed by atoms with Crippen molar-refractivity contribution < 1.29 is 28.6 Å². The van der Waals surface area contributed by atoms with Crippen molar-refractivity contribution in [3.63, 3.8) is 0 Å². The van der Waals surface area contributed by atoms with Crippen LogP contribution < -0.4 is 15.2 Å². The number of nitrogens with two attached hydrogens (primary N) is 1. The Bertz CT molecular complexity index is 600. The van der Waals surface area contributed by atoms with Crippen LogP contribution in [0.4, 0.5) is 0 Å². The molecule has 0 aromatic heterocycles. The number of benzene rings is 1. The smallest absolute Gasteiger partial charge is 0.252 e. The van der Waals surface area contributed by atoms with Gasteiger partial charge in [0.15, 0.2) is 11.5 Å². The molecule has 0 unspecified atom stereocenters. The second-order valence-electron chi connectivity index (χ2n) is 6.01. The number of hydrogen-bond acceptors (Lipinski definition) is 7. The summed E-state index contributed by atoms with van der Waals surface area (Å²) in [6.45, 7) is 7.89. The van der Waals surface area contributed by atoms with E-state index in [0.717, 1.165) is 44.5 Å². The van der Waals surface area contributed by atoms with E-state index in [4.69, 9.17) is 29.5 Å². The molecule has 2 aliphatic heterocycles. The van der Waals surface area contributed by atoms with Gasteiger partial charge >= 0.3 is 0 Å². The topological polar surface area (TPSA) is 108 Å². The molecule has 1 saturated heterocycles. The number of fused-ring (bicyclic) bond motifs is 1. The molecule has 2 N–H and O–H groups in total. The van der Waals surface area contributed by atoms with Gasteiger partial charge in [0, 0.05) is 26.7 Å². The van der Waals surface area contributed by atoms with Gasteiger partial charge in [-0.25, -0.2) is 0 Å². The van der Waals surface area contributed by atoms with E-state index in [2.05, 4.69) is 4.90 Å². The lowest BCUT2D eigenvalue weighted by Crippen LogP contribution is -2.38. The molecule has 0 spiro atoms. The Balaban J connectivity index is 0.000000855. The van der Waals surface area contributed by atoms with Gasteiger partial charge in [-0.15, -0.1) is 0 Å². The molecular weight excluding hydrogens is 352 g/mol. The monoisotopic (exact) mass is 380 g/mol. The molecule has 2 heterocycles. The molecule has 1 aromatic rings. The van der Waals surface area contributed by atoms with Gasteiger partial charge < -0.3 is 34.4 Å². The van der Waals surface area contributed by atoms with Gasteiger partial charge in [0.2, 0.25) is 0 Å². The number of carbonyl (C=O) groups is 3. The van der Waals surface area contributed by atoms with E-state index in [-0.39, 0.29) is 0 Å². The van der Waals surface area contributed by atoms with Crippen LogP contribution in [0.15, 0.2) is 12.1 Å². The number of rotatable bonds is 5. The predicted octanol–water partition coefficient (Wildman–Crippen LogP) is 0.840. The molecule has 1 amide bonds. The number of ether oxygens (including phenoxy) is 3. The highest BCUT2D eigenvalue weighted by molar-refractivity contribution is 5.98. The fourth-order valence-corrected chi connectivity index (χ4v) is 3.28. The maximum absolute atomic E-state index is 11.9. The highest BCUT2D eigenvalue weighted by Crippen LogP contribution is 2.36. The van der Waals surface area contributed by atoms with Crippen LogP contribution in [0.3, 0.4) is 0 Å². The second kappa shape index (κ2) is 12.0. The highest BCUT2D eigenvalue weighted by Gasteiger charge is 2.24. The van der Waals surface area contributed by atoms with E-state index in [1.807, 2.05) is 25.7 Å². The SMILES string of the molecule is C=O.C=O.COC1CCN(CCc2ccc3c(c2C(N)=O)OCCO3)CC1. The number of primary amides is 1. The third kappa shape index (κ3) is 6.04. The summed E-state index contributed by atoms with van der Waals surface area (Å²) < 4.78 is 16.5. The molecule has 3 rings (SSSR count). The van der Waals surface area contributed by atoms with E-state index in [1.165, 1.54) is 0 Å². The summed E-state index contributed by atoms with van der Waals surface area (Å²) in [7, 11) is 1.77. The van der Waals surface area contributed by atoms with Crippen LogP contribution in [0, 0.1) is 0 Å². The molecule has 150 valence electrons. The summed E-state index contributed by atoms with van der Waals surface area (Å²) in [5.74, 6) is 0.648. The average Bonchev–Trinajstić information content (AvgIpc) is 2.74. The zero-order chi connectivity index (χ0) is 20.2. The molecule has 0 aliphatic carbocycles. The number of likely N-dealkylation sites (tertiary alicyclic amines) is 1. The number of nitrogens with zero attached hydrogens (tertiary/aromatic N) is 1.